The minimum atomic E-state index is -0.672. The summed E-state index contributed by atoms with van der Waals surface area (Å²) in [4.78, 5) is 18.6. The van der Waals surface area contributed by atoms with Gasteiger partial charge in [0.15, 0.2) is 0 Å². The van der Waals surface area contributed by atoms with Crippen molar-refractivity contribution >= 4 is 29.5 Å². The van der Waals surface area contributed by atoms with Crippen LogP contribution in [0.25, 0.3) is 33.0 Å². The van der Waals surface area contributed by atoms with Gasteiger partial charge in [-0.25, -0.2) is 4.79 Å². The summed E-state index contributed by atoms with van der Waals surface area (Å²) in [7, 11) is 0. The van der Waals surface area contributed by atoms with Crippen LogP contribution in [-0.4, -0.2) is 12.6 Å². The molecule has 0 aliphatic carbocycles. The van der Waals surface area contributed by atoms with Crippen LogP contribution in [0.3, 0.4) is 0 Å². The van der Waals surface area contributed by atoms with Crippen molar-refractivity contribution in [3.8, 4) is 0 Å². The van der Waals surface area contributed by atoms with Crippen molar-refractivity contribution in [2.75, 3.05) is 6.61 Å². The standard InChI is InChI=1S/C13H14N6O2S/c1-3-9(16-18-14)7-10-5-6-11(22-10)8-12(17-19-15)13(20)21-4-2/h5-8H,3-4H2,1-2H3/b9-7-,12-8-. The Bertz CT molecular complexity index is 693. The first-order valence-corrected chi connectivity index (χ1v) is 7.25. The summed E-state index contributed by atoms with van der Waals surface area (Å²) in [5.41, 5.74) is 17.5. The number of allylic oxidation sites excluding steroid dienone is 1. The van der Waals surface area contributed by atoms with Gasteiger partial charge in [-0.3, -0.25) is 0 Å². The summed E-state index contributed by atoms with van der Waals surface area (Å²) in [6.07, 6.45) is 3.83. The van der Waals surface area contributed by atoms with Crippen molar-refractivity contribution in [1.29, 1.82) is 0 Å². The first-order chi connectivity index (χ1) is 10.6. The Morgan fingerprint density at radius 3 is 2.41 bits per heavy atom. The maximum Gasteiger partial charge on any atom is 0.340 e. The van der Waals surface area contributed by atoms with Gasteiger partial charge in [0.2, 0.25) is 0 Å². The molecule has 0 unspecified atom stereocenters. The average Bonchev–Trinajstić information content (AvgIpc) is 2.94. The third kappa shape index (κ3) is 5.34. The van der Waals surface area contributed by atoms with Gasteiger partial charge in [-0.05, 0) is 48.7 Å². The number of hydrogen-bond donors (Lipinski definition) is 0. The van der Waals surface area contributed by atoms with Crippen LogP contribution in [0.5, 0.6) is 0 Å². The lowest BCUT2D eigenvalue weighted by Gasteiger charge is -1.99. The van der Waals surface area contributed by atoms with Crippen molar-refractivity contribution in [1.82, 2.24) is 0 Å². The molecule has 0 bridgehead atoms. The van der Waals surface area contributed by atoms with Crippen molar-refractivity contribution < 1.29 is 9.53 Å². The first-order valence-electron chi connectivity index (χ1n) is 6.44. The van der Waals surface area contributed by atoms with Crippen molar-refractivity contribution in [3.05, 3.63) is 54.2 Å². The van der Waals surface area contributed by atoms with Crippen LogP contribution < -0.4 is 0 Å². The van der Waals surface area contributed by atoms with Crippen LogP contribution in [0.2, 0.25) is 0 Å². The van der Waals surface area contributed by atoms with Crippen molar-refractivity contribution in [2.24, 2.45) is 10.2 Å². The van der Waals surface area contributed by atoms with E-state index in [-0.39, 0.29) is 12.3 Å². The molecule has 8 nitrogen and oxygen atoms in total. The van der Waals surface area contributed by atoms with E-state index < -0.39 is 5.97 Å². The van der Waals surface area contributed by atoms with Gasteiger partial charge in [0.1, 0.15) is 5.70 Å². The van der Waals surface area contributed by atoms with E-state index in [9.17, 15) is 4.79 Å². The number of rotatable bonds is 7. The molecule has 114 valence electrons. The van der Waals surface area contributed by atoms with Crippen LogP contribution in [-0.2, 0) is 9.53 Å². The number of azide groups is 2. The summed E-state index contributed by atoms with van der Waals surface area (Å²) in [6, 6.07) is 3.59. The zero-order valence-electron chi connectivity index (χ0n) is 12.1. The minimum absolute atomic E-state index is 0.104. The predicted octanol–water partition coefficient (Wildman–Crippen LogP) is 5.02. The highest BCUT2D eigenvalue weighted by atomic mass is 32.1. The van der Waals surface area contributed by atoms with E-state index in [4.69, 9.17) is 15.8 Å². The summed E-state index contributed by atoms with van der Waals surface area (Å²) >= 11 is 1.36. The number of carbonyl (C=O) groups excluding carboxylic acids is 1. The highest BCUT2D eigenvalue weighted by Gasteiger charge is 2.09. The molecule has 0 aliphatic rings. The van der Waals surface area contributed by atoms with Gasteiger partial charge in [0, 0.05) is 25.3 Å². The maximum absolute atomic E-state index is 11.6. The van der Waals surface area contributed by atoms with Gasteiger partial charge in [-0.1, -0.05) is 17.2 Å². The number of esters is 1. The largest absolute Gasteiger partial charge is 0.462 e. The summed E-state index contributed by atoms with van der Waals surface area (Å²) in [5.74, 6) is -0.672. The van der Waals surface area contributed by atoms with Crippen LogP contribution in [0.4, 0.5) is 0 Å². The molecule has 0 N–H and O–H groups in total. The molecule has 0 amide bonds. The Morgan fingerprint density at radius 2 is 1.86 bits per heavy atom. The highest BCUT2D eigenvalue weighted by Crippen LogP contribution is 2.23. The Labute approximate surface area is 131 Å². The van der Waals surface area contributed by atoms with Crippen LogP contribution in [0.15, 0.2) is 33.8 Å². The molecule has 1 aromatic heterocycles. The van der Waals surface area contributed by atoms with E-state index in [0.29, 0.717) is 12.1 Å². The molecule has 1 aromatic rings. The molecule has 0 saturated carbocycles. The maximum atomic E-state index is 11.6. The van der Waals surface area contributed by atoms with Crippen molar-refractivity contribution in [2.45, 2.75) is 20.3 Å². The molecule has 1 rings (SSSR count). The lowest BCUT2D eigenvalue weighted by molar-refractivity contribution is -0.138. The smallest absolute Gasteiger partial charge is 0.340 e. The molecule has 22 heavy (non-hydrogen) atoms. The van der Waals surface area contributed by atoms with Crippen LogP contribution in [0.1, 0.15) is 30.0 Å². The predicted molar refractivity (Wildman–Crippen MR) is 85.5 cm³/mol. The number of ether oxygens (including phenoxy) is 1. The summed E-state index contributed by atoms with van der Waals surface area (Å²) in [6.45, 7) is 3.75. The number of thiophene rings is 1. The van der Waals surface area contributed by atoms with Gasteiger partial charge < -0.3 is 4.74 Å². The molecule has 0 spiro atoms. The van der Waals surface area contributed by atoms with E-state index in [1.165, 1.54) is 17.4 Å². The molecule has 0 atom stereocenters. The second-order valence-corrected chi connectivity index (χ2v) is 5.01. The van der Waals surface area contributed by atoms with Crippen LogP contribution in [0, 0.1) is 0 Å². The lowest BCUT2D eigenvalue weighted by Crippen LogP contribution is -2.05. The van der Waals surface area contributed by atoms with E-state index in [0.717, 1.165) is 9.75 Å². The molecule has 0 saturated heterocycles. The quantitative estimate of drug-likeness (QED) is 0.230. The Balaban J connectivity index is 3.07. The van der Waals surface area contributed by atoms with Gasteiger partial charge in [-0.15, -0.1) is 11.3 Å². The molecule has 0 fully saturated rings. The molecule has 0 radical (unpaired) electrons. The van der Waals surface area contributed by atoms with E-state index in [1.807, 2.05) is 13.0 Å². The molecular formula is C13H14N6O2S. The SMILES string of the molecule is CCOC(=O)/C(=C/c1ccc(/C=C(/CC)N=[N+]=[N-])s1)N=[N+]=[N-]. The monoisotopic (exact) mass is 318 g/mol. The number of carbonyl (C=O) groups is 1. The highest BCUT2D eigenvalue weighted by molar-refractivity contribution is 7.13. The zero-order valence-corrected chi connectivity index (χ0v) is 12.9. The van der Waals surface area contributed by atoms with Gasteiger partial charge in [0.05, 0.1) is 6.61 Å². The van der Waals surface area contributed by atoms with Crippen LogP contribution >= 0.6 is 11.3 Å². The Morgan fingerprint density at radius 1 is 1.23 bits per heavy atom. The second kappa shape index (κ2) is 9.25. The Kier molecular flexibility index (Phi) is 7.28. The van der Waals surface area contributed by atoms with Crippen molar-refractivity contribution in [3.63, 3.8) is 0 Å². The third-order valence-electron chi connectivity index (χ3n) is 2.41. The number of hydrogen-bond acceptors (Lipinski definition) is 5. The lowest BCUT2D eigenvalue weighted by atomic mass is 10.3. The summed E-state index contributed by atoms with van der Waals surface area (Å²) in [5, 5.41) is 6.93. The molecule has 9 heteroatoms. The van der Waals surface area contributed by atoms with Gasteiger partial charge in [-0.2, -0.15) is 0 Å². The fourth-order valence-corrected chi connectivity index (χ4v) is 2.37. The fraction of sp³-hybridized carbons (Fsp3) is 0.308. The topological polar surface area (TPSA) is 124 Å². The van der Waals surface area contributed by atoms with E-state index in [2.05, 4.69) is 20.1 Å². The minimum Gasteiger partial charge on any atom is -0.462 e. The Hall–Kier alpha value is -2.73. The van der Waals surface area contributed by atoms with E-state index >= 15 is 0 Å². The fourth-order valence-electron chi connectivity index (χ4n) is 1.46. The second-order valence-electron chi connectivity index (χ2n) is 3.86. The third-order valence-corrected chi connectivity index (χ3v) is 3.39. The number of nitrogens with zero attached hydrogens (tertiary/aromatic N) is 6. The molecular weight excluding hydrogens is 304 g/mol. The normalized spacial score (nSPS) is 11.4. The molecule has 0 aromatic carbocycles. The van der Waals surface area contributed by atoms with Gasteiger partial charge in [0.25, 0.3) is 0 Å². The first kappa shape index (κ1) is 17.3. The molecule has 1 heterocycles. The van der Waals surface area contributed by atoms with E-state index in [1.54, 1.807) is 19.1 Å². The average molecular weight is 318 g/mol. The molecule has 0 aliphatic heterocycles. The van der Waals surface area contributed by atoms with Gasteiger partial charge >= 0.3 is 5.97 Å². The summed E-state index contributed by atoms with van der Waals surface area (Å²) < 4.78 is 4.81. The zero-order chi connectivity index (χ0) is 16.4.